The Morgan fingerprint density at radius 1 is 1.27 bits per heavy atom. The molecular formula is C15H18FN7O3. The predicted octanol–water partition coefficient (Wildman–Crippen LogP) is -0.879. The Bertz CT molecular complexity index is 823. The number of aromatic nitrogens is 5. The molecule has 0 bridgehead atoms. The van der Waals surface area contributed by atoms with Gasteiger partial charge in [0, 0.05) is 32.0 Å². The van der Waals surface area contributed by atoms with Crippen LogP contribution < -0.4 is 10.9 Å². The van der Waals surface area contributed by atoms with Crippen LogP contribution in [0.15, 0.2) is 29.8 Å². The van der Waals surface area contributed by atoms with Crippen molar-refractivity contribution >= 4 is 11.8 Å². The van der Waals surface area contributed by atoms with E-state index in [0.29, 0.717) is 6.54 Å². The van der Waals surface area contributed by atoms with Crippen molar-refractivity contribution in [3.8, 4) is 0 Å². The molecule has 3 rings (SSSR count). The highest BCUT2D eigenvalue weighted by atomic mass is 19.1. The highest BCUT2D eigenvalue weighted by molar-refractivity contribution is 5.92. The summed E-state index contributed by atoms with van der Waals surface area (Å²) in [6.07, 6.45) is 4.31. The molecule has 2 N–H and O–H groups in total. The molecule has 2 atom stereocenters. The lowest BCUT2D eigenvalue weighted by molar-refractivity contribution is -0.134. The topological polar surface area (TPSA) is 126 Å². The molecule has 1 aliphatic heterocycles. The highest BCUT2D eigenvalue weighted by Crippen LogP contribution is 2.15. The molecule has 10 nitrogen and oxygen atoms in total. The summed E-state index contributed by atoms with van der Waals surface area (Å²) in [6, 6.07) is -0.547. The zero-order chi connectivity index (χ0) is 18.5. The molecule has 0 spiro atoms. The minimum atomic E-state index is -1.24. The Hall–Kier alpha value is -3.11. The van der Waals surface area contributed by atoms with E-state index in [1.54, 1.807) is 4.57 Å². The van der Waals surface area contributed by atoms with Crippen molar-refractivity contribution in [2.75, 3.05) is 13.1 Å². The summed E-state index contributed by atoms with van der Waals surface area (Å²) in [6.45, 7) is 0.599. The molecule has 26 heavy (non-hydrogen) atoms. The van der Waals surface area contributed by atoms with Gasteiger partial charge in [0.2, 0.25) is 5.91 Å². The molecule has 1 aliphatic rings. The van der Waals surface area contributed by atoms with Gasteiger partial charge in [-0.25, -0.2) is 4.39 Å². The van der Waals surface area contributed by atoms with Crippen molar-refractivity contribution in [1.29, 1.82) is 0 Å². The van der Waals surface area contributed by atoms with Gasteiger partial charge in [-0.1, -0.05) is 0 Å². The molecule has 2 aromatic heterocycles. The van der Waals surface area contributed by atoms with E-state index in [0.717, 1.165) is 6.20 Å². The van der Waals surface area contributed by atoms with E-state index in [-0.39, 0.29) is 37.5 Å². The SMILES string of the molecule is O=C(N[C@H]1C[C@@H](F)CN(C(=O)CCn2cnnc2)C1)c1cncc(=O)[nH]1. The number of carbonyl (C=O) groups excluding carboxylic acids is 2. The van der Waals surface area contributed by atoms with Gasteiger partial charge in [-0.2, -0.15) is 0 Å². The Labute approximate surface area is 147 Å². The molecule has 0 aromatic carbocycles. The van der Waals surface area contributed by atoms with Gasteiger partial charge in [0.15, 0.2) is 0 Å². The third-order valence-electron chi connectivity index (χ3n) is 4.04. The van der Waals surface area contributed by atoms with Gasteiger partial charge >= 0.3 is 0 Å². The maximum absolute atomic E-state index is 14.0. The third kappa shape index (κ3) is 4.49. The molecular weight excluding hydrogens is 345 g/mol. The summed E-state index contributed by atoms with van der Waals surface area (Å²) in [7, 11) is 0. The van der Waals surface area contributed by atoms with Crippen LogP contribution in [0.25, 0.3) is 0 Å². The lowest BCUT2D eigenvalue weighted by atomic mass is 10.0. The number of likely N-dealkylation sites (tertiary alicyclic amines) is 1. The lowest BCUT2D eigenvalue weighted by Crippen LogP contribution is -2.53. The van der Waals surface area contributed by atoms with E-state index < -0.39 is 23.7 Å². The number of nitrogens with zero attached hydrogens (tertiary/aromatic N) is 5. The number of aromatic amines is 1. The molecule has 1 fully saturated rings. The Balaban J connectivity index is 1.57. The van der Waals surface area contributed by atoms with Crippen LogP contribution >= 0.6 is 0 Å². The number of halogens is 1. The van der Waals surface area contributed by atoms with E-state index in [2.05, 4.69) is 25.5 Å². The number of carbonyl (C=O) groups is 2. The van der Waals surface area contributed by atoms with E-state index in [4.69, 9.17) is 0 Å². The summed E-state index contributed by atoms with van der Waals surface area (Å²) >= 11 is 0. The van der Waals surface area contributed by atoms with E-state index in [1.165, 1.54) is 23.8 Å². The first-order chi connectivity index (χ1) is 12.5. The van der Waals surface area contributed by atoms with Crippen molar-refractivity contribution in [2.45, 2.75) is 31.6 Å². The van der Waals surface area contributed by atoms with Gasteiger partial charge in [-0.3, -0.25) is 19.4 Å². The number of nitrogens with one attached hydrogen (secondary N) is 2. The largest absolute Gasteiger partial charge is 0.346 e. The number of hydrogen-bond acceptors (Lipinski definition) is 6. The number of aryl methyl sites for hydroxylation is 1. The van der Waals surface area contributed by atoms with Gasteiger partial charge in [0.05, 0.1) is 18.9 Å². The van der Waals surface area contributed by atoms with Crippen molar-refractivity contribution in [1.82, 2.24) is 34.9 Å². The number of piperidine rings is 1. The fourth-order valence-corrected chi connectivity index (χ4v) is 2.82. The standard InChI is InChI=1S/C15H18FN7O3/c16-10-3-11(20-15(26)12-4-17-5-13(24)21-12)7-23(6-10)14(25)1-2-22-8-18-19-9-22/h4-5,8-11H,1-3,6-7H2,(H,20,26)(H,21,24)/t10-,11+/m1/s1. The van der Waals surface area contributed by atoms with Crippen molar-refractivity contribution in [3.63, 3.8) is 0 Å². The van der Waals surface area contributed by atoms with Crippen LogP contribution in [0.1, 0.15) is 23.3 Å². The fourth-order valence-electron chi connectivity index (χ4n) is 2.82. The zero-order valence-corrected chi connectivity index (χ0v) is 13.8. The number of alkyl halides is 1. The van der Waals surface area contributed by atoms with Gasteiger partial charge in [-0.15, -0.1) is 10.2 Å². The van der Waals surface area contributed by atoms with Crippen LogP contribution in [0.3, 0.4) is 0 Å². The highest BCUT2D eigenvalue weighted by Gasteiger charge is 2.31. The second-order valence-corrected chi connectivity index (χ2v) is 6.06. The molecule has 1 saturated heterocycles. The van der Waals surface area contributed by atoms with Crippen molar-refractivity contribution in [3.05, 3.63) is 41.1 Å². The number of amides is 2. The minimum absolute atomic E-state index is 0.00287. The molecule has 3 heterocycles. The van der Waals surface area contributed by atoms with Crippen LogP contribution in [0.2, 0.25) is 0 Å². The third-order valence-corrected chi connectivity index (χ3v) is 4.04. The van der Waals surface area contributed by atoms with Crippen molar-refractivity contribution in [2.24, 2.45) is 0 Å². The maximum Gasteiger partial charge on any atom is 0.269 e. The maximum atomic E-state index is 14.0. The molecule has 0 unspecified atom stereocenters. The number of rotatable bonds is 5. The monoisotopic (exact) mass is 363 g/mol. The summed E-state index contributed by atoms with van der Waals surface area (Å²) in [5, 5.41) is 9.95. The second kappa shape index (κ2) is 7.85. The van der Waals surface area contributed by atoms with Gasteiger partial charge < -0.3 is 19.8 Å². The summed E-state index contributed by atoms with van der Waals surface area (Å²) < 4.78 is 15.7. The first-order valence-electron chi connectivity index (χ1n) is 8.10. The average Bonchev–Trinajstić information content (AvgIpc) is 3.12. The van der Waals surface area contributed by atoms with Crippen LogP contribution in [-0.4, -0.2) is 66.7 Å². The van der Waals surface area contributed by atoms with Crippen LogP contribution in [-0.2, 0) is 11.3 Å². The van der Waals surface area contributed by atoms with E-state index in [9.17, 15) is 18.8 Å². The smallest absolute Gasteiger partial charge is 0.269 e. The molecule has 0 aliphatic carbocycles. The van der Waals surface area contributed by atoms with E-state index >= 15 is 0 Å². The zero-order valence-electron chi connectivity index (χ0n) is 13.8. The second-order valence-electron chi connectivity index (χ2n) is 6.06. The molecule has 0 saturated carbocycles. The predicted molar refractivity (Wildman–Crippen MR) is 86.8 cm³/mol. The van der Waals surface area contributed by atoms with Gasteiger partial charge in [-0.05, 0) is 0 Å². The van der Waals surface area contributed by atoms with Crippen molar-refractivity contribution < 1.29 is 14.0 Å². The quantitative estimate of drug-likeness (QED) is 0.711. The first-order valence-corrected chi connectivity index (χ1v) is 8.10. The van der Waals surface area contributed by atoms with E-state index in [1.807, 2.05) is 0 Å². The molecule has 11 heteroatoms. The molecule has 2 aromatic rings. The molecule has 2 amide bonds. The van der Waals surface area contributed by atoms with Gasteiger partial charge in [0.25, 0.3) is 11.5 Å². The number of hydrogen-bond donors (Lipinski definition) is 2. The molecule has 0 radical (unpaired) electrons. The summed E-state index contributed by atoms with van der Waals surface area (Å²) in [5.41, 5.74) is -0.514. The Morgan fingerprint density at radius 2 is 2.04 bits per heavy atom. The summed E-state index contributed by atoms with van der Waals surface area (Å²) in [4.78, 5) is 43.1. The lowest BCUT2D eigenvalue weighted by Gasteiger charge is -2.35. The van der Waals surface area contributed by atoms with Crippen LogP contribution in [0.4, 0.5) is 4.39 Å². The van der Waals surface area contributed by atoms with Crippen LogP contribution in [0.5, 0.6) is 0 Å². The normalized spacial score (nSPS) is 20.0. The molecule has 138 valence electrons. The Kier molecular flexibility index (Phi) is 5.34. The average molecular weight is 363 g/mol. The fraction of sp³-hybridized carbons (Fsp3) is 0.467. The summed E-state index contributed by atoms with van der Waals surface area (Å²) in [5.74, 6) is -0.777. The minimum Gasteiger partial charge on any atom is -0.346 e. The number of H-pyrrole nitrogens is 1. The Morgan fingerprint density at radius 3 is 2.77 bits per heavy atom. The van der Waals surface area contributed by atoms with Crippen LogP contribution in [0, 0.1) is 0 Å². The first kappa shape index (κ1) is 17.7. The van der Waals surface area contributed by atoms with Gasteiger partial charge in [0.1, 0.15) is 24.5 Å².